The Morgan fingerprint density at radius 3 is 2.08 bits per heavy atom. The summed E-state index contributed by atoms with van der Waals surface area (Å²) in [5.74, 6) is 0.333. The Hall–Kier alpha value is -3.32. The highest BCUT2D eigenvalue weighted by Gasteiger charge is 2.10. The minimum absolute atomic E-state index is 0.273. The molecule has 1 aromatic heterocycles. The summed E-state index contributed by atoms with van der Waals surface area (Å²) in [6, 6.07) is 16.6. The molecular weight excluding hydrogens is 330 g/mol. The molecular formula is C19H23N5O2. The largest absolute Gasteiger partial charge is 0.398 e. The summed E-state index contributed by atoms with van der Waals surface area (Å²) in [5, 5.41) is 6.36. The van der Waals surface area contributed by atoms with Gasteiger partial charge in [-0.3, -0.25) is 4.79 Å². The van der Waals surface area contributed by atoms with E-state index in [1.807, 2.05) is 42.5 Å². The number of nitrogens with two attached hydrogens (primary N) is 3. The maximum Gasteiger partial charge on any atom is 0.273 e. The van der Waals surface area contributed by atoms with Crippen molar-refractivity contribution < 1.29 is 9.32 Å². The molecule has 0 aliphatic rings. The number of hydrogen-bond acceptors (Lipinski definition) is 6. The fourth-order valence-electron chi connectivity index (χ4n) is 2.15. The van der Waals surface area contributed by atoms with E-state index in [-0.39, 0.29) is 11.6 Å². The molecule has 1 heterocycles. The van der Waals surface area contributed by atoms with Crippen LogP contribution in [0, 0.1) is 6.92 Å². The van der Waals surface area contributed by atoms with Crippen LogP contribution in [0.3, 0.4) is 0 Å². The third-order valence-corrected chi connectivity index (χ3v) is 3.63. The number of amides is 1. The number of carbonyl (C=O) groups is 1. The normalized spacial score (nSPS) is 9.92. The number of hydrogen-bond donors (Lipinski definition) is 4. The summed E-state index contributed by atoms with van der Waals surface area (Å²) >= 11 is 0. The molecule has 3 aromatic rings. The Balaban J connectivity index is 0.000000228. The summed E-state index contributed by atoms with van der Waals surface area (Å²) in [6.45, 7) is 2.63. The van der Waals surface area contributed by atoms with E-state index < -0.39 is 0 Å². The van der Waals surface area contributed by atoms with Crippen molar-refractivity contribution in [3.05, 3.63) is 77.2 Å². The molecule has 2 aromatic carbocycles. The van der Waals surface area contributed by atoms with Gasteiger partial charge in [0.1, 0.15) is 5.76 Å². The van der Waals surface area contributed by atoms with Crippen LogP contribution in [0.1, 0.15) is 27.4 Å². The van der Waals surface area contributed by atoms with Gasteiger partial charge in [-0.15, -0.1) is 0 Å². The van der Waals surface area contributed by atoms with E-state index in [1.165, 1.54) is 0 Å². The van der Waals surface area contributed by atoms with Gasteiger partial charge in [0.25, 0.3) is 5.91 Å². The highest BCUT2D eigenvalue weighted by Crippen LogP contribution is 2.10. The number of carbonyl (C=O) groups excluding carboxylic acids is 1. The van der Waals surface area contributed by atoms with Gasteiger partial charge in [-0.2, -0.15) is 0 Å². The van der Waals surface area contributed by atoms with Crippen LogP contribution in [0.2, 0.25) is 0 Å². The van der Waals surface area contributed by atoms with Crippen LogP contribution in [0.25, 0.3) is 0 Å². The second-order valence-corrected chi connectivity index (χ2v) is 5.61. The summed E-state index contributed by atoms with van der Waals surface area (Å²) in [4.78, 5) is 11.7. The number of nitrogens with zero attached hydrogens (tertiary/aromatic N) is 1. The standard InChI is InChI=1S/C12H13N3O2.C7H10N2/c1-8-6-11(15-17-8)12(16)14-7-9-4-2-3-5-10(9)13;8-5-6-3-1-2-4-7(6)9/h2-6H,7,13H2,1H3,(H,14,16);1-4H,5,8-9H2. The predicted molar refractivity (Wildman–Crippen MR) is 102 cm³/mol. The molecule has 0 saturated heterocycles. The van der Waals surface area contributed by atoms with Gasteiger partial charge in [0.05, 0.1) is 0 Å². The van der Waals surface area contributed by atoms with Crippen molar-refractivity contribution >= 4 is 17.3 Å². The van der Waals surface area contributed by atoms with E-state index in [9.17, 15) is 4.79 Å². The molecule has 26 heavy (non-hydrogen) atoms. The Morgan fingerprint density at radius 1 is 1.04 bits per heavy atom. The van der Waals surface area contributed by atoms with Gasteiger partial charge in [-0.1, -0.05) is 41.6 Å². The first-order valence-corrected chi connectivity index (χ1v) is 8.09. The van der Waals surface area contributed by atoms with Gasteiger partial charge in [0.15, 0.2) is 5.69 Å². The first kappa shape index (κ1) is 19.0. The molecule has 0 atom stereocenters. The average Bonchev–Trinajstić information content (AvgIpc) is 3.08. The molecule has 0 radical (unpaired) electrons. The smallest absolute Gasteiger partial charge is 0.273 e. The van der Waals surface area contributed by atoms with Crippen LogP contribution in [-0.2, 0) is 13.1 Å². The molecule has 0 aliphatic carbocycles. The molecule has 7 heteroatoms. The van der Waals surface area contributed by atoms with Gasteiger partial charge in [0.2, 0.25) is 0 Å². The van der Waals surface area contributed by atoms with Gasteiger partial charge in [-0.05, 0) is 30.2 Å². The molecule has 0 spiro atoms. The third-order valence-electron chi connectivity index (χ3n) is 3.63. The molecule has 0 fully saturated rings. The first-order chi connectivity index (χ1) is 12.5. The topological polar surface area (TPSA) is 133 Å². The Kier molecular flexibility index (Phi) is 6.75. The fourth-order valence-corrected chi connectivity index (χ4v) is 2.15. The lowest BCUT2D eigenvalue weighted by atomic mass is 10.2. The molecule has 3 rings (SSSR count). The highest BCUT2D eigenvalue weighted by molar-refractivity contribution is 5.92. The molecule has 0 bridgehead atoms. The minimum Gasteiger partial charge on any atom is -0.398 e. The van der Waals surface area contributed by atoms with Crippen LogP contribution in [0.4, 0.5) is 11.4 Å². The SMILES string of the molecule is Cc1cc(C(=O)NCc2ccccc2N)no1.NCc1ccccc1N. The van der Waals surface area contributed by atoms with Crippen molar-refractivity contribution in [2.45, 2.75) is 20.0 Å². The third kappa shape index (κ3) is 5.35. The highest BCUT2D eigenvalue weighted by atomic mass is 16.5. The van der Waals surface area contributed by atoms with E-state index in [4.69, 9.17) is 21.7 Å². The Labute approximate surface area is 152 Å². The van der Waals surface area contributed by atoms with E-state index >= 15 is 0 Å². The number of aromatic nitrogens is 1. The lowest BCUT2D eigenvalue weighted by molar-refractivity contribution is 0.0942. The average molecular weight is 353 g/mol. The number of benzene rings is 2. The number of anilines is 2. The van der Waals surface area contributed by atoms with E-state index in [0.29, 0.717) is 24.5 Å². The quantitative estimate of drug-likeness (QED) is 0.532. The van der Waals surface area contributed by atoms with Crippen molar-refractivity contribution in [2.75, 3.05) is 11.5 Å². The molecule has 7 nitrogen and oxygen atoms in total. The van der Waals surface area contributed by atoms with Crippen molar-refractivity contribution in [3.63, 3.8) is 0 Å². The molecule has 136 valence electrons. The summed E-state index contributed by atoms with van der Waals surface area (Å²) < 4.78 is 4.83. The second-order valence-electron chi connectivity index (χ2n) is 5.61. The number of rotatable bonds is 4. The molecule has 0 saturated carbocycles. The van der Waals surface area contributed by atoms with Gasteiger partial charge < -0.3 is 27.0 Å². The lowest BCUT2D eigenvalue weighted by Crippen LogP contribution is -2.23. The van der Waals surface area contributed by atoms with Crippen molar-refractivity contribution in [3.8, 4) is 0 Å². The number of para-hydroxylation sites is 2. The van der Waals surface area contributed by atoms with Crippen LogP contribution in [0.15, 0.2) is 59.1 Å². The summed E-state index contributed by atoms with van der Waals surface area (Å²) in [7, 11) is 0. The number of nitrogen functional groups attached to an aromatic ring is 2. The summed E-state index contributed by atoms with van der Waals surface area (Å²) in [6.07, 6.45) is 0. The zero-order valence-corrected chi connectivity index (χ0v) is 14.6. The fraction of sp³-hybridized carbons (Fsp3) is 0.158. The molecule has 7 N–H and O–H groups in total. The Bertz CT molecular complexity index is 860. The van der Waals surface area contributed by atoms with Gasteiger partial charge in [-0.25, -0.2) is 0 Å². The monoisotopic (exact) mass is 353 g/mol. The first-order valence-electron chi connectivity index (χ1n) is 8.09. The van der Waals surface area contributed by atoms with E-state index in [2.05, 4.69) is 10.5 Å². The van der Waals surface area contributed by atoms with Crippen LogP contribution >= 0.6 is 0 Å². The maximum absolute atomic E-state index is 11.7. The minimum atomic E-state index is -0.273. The zero-order valence-electron chi connectivity index (χ0n) is 14.6. The van der Waals surface area contributed by atoms with E-state index in [1.54, 1.807) is 19.1 Å². The van der Waals surface area contributed by atoms with Crippen LogP contribution in [-0.4, -0.2) is 11.1 Å². The van der Waals surface area contributed by atoms with Gasteiger partial charge in [0, 0.05) is 30.5 Å². The number of aryl methyl sites for hydroxylation is 1. The van der Waals surface area contributed by atoms with E-state index in [0.717, 1.165) is 16.8 Å². The predicted octanol–water partition coefficient (Wildman–Crippen LogP) is 2.22. The van der Waals surface area contributed by atoms with Crippen LogP contribution in [0.5, 0.6) is 0 Å². The molecule has 1 amide bonds. The Morgan fingerprint density at radius 2 is 1.62 bits per heavy atom. The molecule has 0 aliphatic heterocycles. The maximum atomic E-state index is 11.7. The van der Waals surface area contributed by atoms with Crippen molar-refractivity contribution in [2.24, 2.45) is 5.73 Å². The lowest BCUT2D eigenvalue weighted by Gasteiger charge is -2.05. The van der Waals surface area contributed by atoms with Gasteiger partial charge >= 0.3 is 0 Å². The number of nitrogens with one attached hydrogen (secondary N) is 1. The van der Waals surface area contributed by atoms with Crippen LogP contribution < -0.4 is 22.5 Å². The molecule has 0 unspecified atom stereocenters. The van der Waals surface area contributed by atoms with Crippen molar-refractivity contribution in [1.29, 1.82) is 0 Å². The summed E-state index contributed by atoms with van der Waals surface area (Å²) in [5.41, 5.74) is 20.3. The zero-order chi connectivity index (χ0) is 18.9. The van der Waals surface area contributed by atoms with Crippen molar-refractivity contribution in [1.82, 2.24) is 10.5 Å². The second kappa shape index (κ2) is 9.24.